The molecular formula is C11H25N3. The first-order valence-corrected chi connectivity index (χ1v) is 5.31. The van der Waals surface area contributed by atoms with E-state index in [1.54, 1.807) is 0 Å². The van der Waals surface area contributed by atoms with Gasteiger partial charge >= 0.3 is 0 Å². The molecule has 0 aromatic rings. The number of nitrogens with one attached hydrogen (secondary N) is 2. The summed E-state index contributed by atoms with van der Waals surface area (Å²) in [5.41, 5.74) is 5.64. The summed E-state index contributed by atoms with van der Waals surface area (Å²) in [4.78, 5) is 0. The van der Waals surface area contributed by atoms with Crippen molar-refractivity contribution < 1.29 is 0 Å². The molecule has 0 rings (SSSR count). The van der Waals surface area contributed by atoms with Gasteiger partial charge in [0, 0.05) is 5.54 Å². The molecule has 84 valence electrons. The molecule has 0 heterocycles. The van der Waals surface area contributed by atoms with Gasteiger partial charge in [0.25, 0.3) is 0 Å². The third-order valence-corrected chi connectivity index (χ3v) is 2.86. The SMILES string of the molecule is CCC(C)(C)CCC(C)(C)NC(=N)N. The van der Waals surface area contributed by atoms with Gasteiger partial charge in [-0.2, -0.15) is 0 Å². The Hall–Kier alpha value is -0.730. The van der Waals surface area contributed by atoms with Crippen LogP contribution < -0.4 is 11.1 Å². The second kappa shape index (κ2) is 4.67. The van der Waals surface area contributed by atoms with Crippen LogP contribution in [0.5, 0.6) is 0 Å². The van der Waals surface area contributed by atoms with Crippen molar-refractivity contribution in [1.29, 1.82) is 5.41 Å². The Labute approximate surface area is 88.0 Å². The molecule has 0 bridgehead atoms. The Bertz CT molecular complexity index is 195. The van der Waals surface area contributed by atoms with Crippen molar-refractivity contribution in [3.63, 3.8) is 0 Å². The number of hydrogen-bond donors (Lipinski definition) is 3. The maximum absolute atomic E-state index is 7.20. The average molecular weight is 199 g/mol. The molecule has 0 unspecified atom stereocenters. The van der Waals surface area contributed by atoms with Crippen molar-refractivity contribution in [3.8, 4) is 0 Å². The normalized spacial score (nSPS) is 12.6. The first kappa shape index (κ1) is 13.3. The molecule has 0 atom stereocenters. The lowest BCUT2D eigenvalue weighted by Gasteiger charge is -2.31. The molecule has 0 saturated heterocycles. The van der Waals surface area contributed by atoms with Crippen LogP contribution in [0.1, 0.15) is 53.9 Å². The predicted octanol–water partition coefficient (Wildman–Crippen LogP) is 2.46. The summed E-state index contributed by atoms with van der Waals surface area (Å²) in [6, 6.07) is 0. The molecular weight excluding hydrogens is 174 g/mol. The van der Waals surface area contributed by atoms with E-state index in [4.69, 9.17) is 11.1 Å². The molecule has 3 nitrogen and oxygen atoms in total. The lowest BCUT2D eigenvalue weighted by atomic mass is 9.81. The summed E-state index contributed by atoms with van der Waals surface area (Å²) in [6.45, 7) is 10.9. The first-order chi connectivity index (χ1) is 6.18. The van der Waals surface area contributed by atoms with Gasteiger partial charge in [-0.05, 0) is 32.1 Å². The number of rotatable bonds is 5. The van der Waals surface area contributed by atoms with Gasteiger partial charge in [0.1, 0.15) is 0 Å². The highest BCUT2D eigenvalue weighted by atomic mass is 15.1. The molecule has 0 aliphatic carbocycles. The third-order valence-electron chi connectivity index (χ3n) is 2.86. The van der Waals surface area contributed by atoms with Crippen LogP contribution in [0.25, 0.3) is 0 Å². The zero-order valence-electron chi connectivity index (χ0n) is 10.2. The van der Waals surface area contributed by atoms with Crippen molar-refractivity contribution in [2.24, 2.45) is 11.1 Å². The highest BCUT2D eigenvalue weighted by Gasteiger charge is 2.23. The Morgan fingerprint density at radius 1 is 1.21 bits per heavy atom. The molecule has 0 saturated carbocycles. The lowest BCUT2D eigenvalue weighted by Crippen LogP contribution is -2.47. The van der Waals surface area contributed by atoms with Crippen molar-refractivity contribution in [3.05, 3.63) is 0 Å². The third kappa shape index (κ3) is 5.84. The van der Waals surface area contributed by atoms with E-state index >= 15 is 0 Å². The second-order valence-electron chi connectivity index (χ2n) is 5.44. The van der Waals surface area contributed by atoms with Gasteiger partial charge in [0.05, 0.1) is 0 Å². The Kier molecular flexibility index (Phi) is 4.43. The Morgan fingerprint density at radius 2 is 1.71 bits per heavy atom. The standard InChI is InChI=1S/C11H25N3/c1-6-10(2,3)7-8-11(4,5)14-9(12)13/h6-8H2,1-5H3,(H4,12,13,14). The number of guanidine groups is 1. The minimum absolute atomic E-state index is 0.0595. The molecule has 3 heteroatoms. The van der Waals surface area contributed by atoms with Crippen LogP contribution >= 0.6 is 0 Å². The molecule has 0 spiro atoms. The van der Waals surface area contributed by atoms with Crippen LogP contribution in [0, 0.1) is 10.8 Å². The van der Waals surface area contributed by atoms with Crippen LogP contribution in [0.4, 0.5) is 0 Å². The molecule has 0 fully saturated rings. The van der Waals surface area contributed by atoms with Crippen molar-refractivity contribution >= 4 is 5.96 Å². The number of hydrogen-bond acceptors (Lipinski definition) is 1. The zero-order chi connectivity index (χ0) is 11.4. The van der Waals surface area contributed by atoms with E-state index in [1.165, 1.54) is 6.42 Å². The molecule has 14 heavy (non-hydrogen) atoms. The topological polar surface area (TPSA) is 61.9 Å². The van der Waals surface area contributed by atoms with Crippen LogP contribution in [-0.2, 0) is 0 Å². The summed E-state index contributed by atoms with van der Waals surface area (Å²) >= 11 is 0. The van der Waals surface area contributed by atoms with Gasteiger partial charge in [-0.25, -0.2) is 0 Å². The number of nitrogens with two attached hydrogens (primary N) is 1. The Morgan fingerprint density at radius 3 is 2.07 bits per heavy atom. The summed E-state index contributed by atoms with van der Waals surface area (Å²) in [5, 5.41) is 10.2. The van der Waals surface area contributed by atoms with Crippen molar-refractivity contribution in [1.82, 2.24) is 5.32 Å². The molecule has 0 amide bonds. The van der Waals surface area contributed by atoms with Crippen LogP contribution in [0.3, 0.4) is 0 Å². The van der Waals surface area contributed by atoms with E-state index in [9.17, 15) is 0 Å². The van der Waals surface area contributed by atoms with Gasteiger partial charge in [0.2, 0.25) is 0 Å². The smallest absolute Gasteiger partial charge is 0.186 e. The fraction of sp³-hybridized carbons (Fsp3) is 0.909. The fourth-order valence-corrected chi connectivity index (χ4v) is 1.25. The summed E-state index contributed by atoms with van der Waals surface area (Å²) in [7, 11) is 0. The van der Waals surface area contributed by atoms with Crippen LogP contribution in [0.15, 0.2) is 0 Å². The maximum atomic E-state index is 7.20. The molecule has 0 aromatic carbocycles. The van der Waals surface area contributed by atoms with Gasteiger partial charge in [-0.1, -0.05) is 27.2 Å². The molecule has 0 aliphatic heterocycles. The van der Waals surface area contributed by atoms with E-state index < -0.39 is 0 Å². The molecule has 0 aliphatic rings. The van der Waals surface area contributed by atoms with E-state index in [-0.39, 0.29) is 11.5 Å². The van der Waals surface area contributed by atoms with Crippen LogP contribution in [0.2, 0.25) is 0 Å². The van der Waals surface area contributed by atoms with E-state index in [2.05, 4.69) is 39.9 Å². The van der Waals surface area contributed by atoms with E-state index in [1.807, 2.05) is 0 Å². The minimum Gasteiger partial charge on any atom is -0.370 e. The van der Waals surface area contributed by atoms with E-state index in [0.717, 1.165) is 12.8 Å². The largest absolute Gasteiger partial charge is 0.370 e. The highest BCUT2D eigenvalue weighted by molar-refractivity contribution is 5.75. The minimum atomic E-state index is -0.0712. The summed E-state index contributed by atoms with van der Waals surface area (Å²) < 4.78 is 0. The summed E-state index contributed by atoms with van der Waals surface area (Å²) in [5.74, 6) is 0.0595. The monoisotopic (exact) mass is 199 g/mol. The quantitative estimate of drug-likeness (QED) is 0.470. The highest BCUT2D eigenvalue weighted by Crippen LogP contribution is 2.29. The maximum Gasteiger partial charge on any atom is 0.186 e. The molecule has 0 aromatic heterocycles. The predicted molar refractivity (Wildman–Crippen MR) is 62.4 cm³/mol. The lowest BCUT2D eigenvalue weighted by molar-refractivity contribution is 0.268. The van der Waals surface area contributed by atoms with Crippen molar-refractivity contribution in [2.45, 2.75) is 59.4 Å². The molecule has 4 N–H and O–H groups in total. The van der Waals surface area contributed by atoms with E-state index in [0.29, 0.717) is 5.41 Å². The van der Waals surface area contributed by atoms with Gasteiger partial charge in [-0.15, -0.1) is 0 Å². The van der Waals surface area contributed by atoms with Crippen LogP contribution in [-0.4, -0.2) is 11.5 Å². The fourth-order valence-electron chi connectivity index (χ4n) is 1.25. The molecule has 0 radical (unpaired) electrons. The van der Waals surface area contributed by atoms with Gasteiger partial charge in [-0.3, -0.25) is 5.41 Å². The second-order valence-corrected chi connectivity index (χ2v) is 5.44. The van der Waals surface area contributed by atoms with Gasteiger partial charge < -0.3 is 11.1 Å². The first-order valence-electron chi connectivity index (χ1n) is 5.31. The zero-order valence-corrected chi connectivity index (χ0v) is 10.2. The Balaban J connectivity index is 4.04. The average Bonchev–Trinajstić information content (AvgIpc) is 1.99. The van der Waals surface area contributed by atoms with Crippen molar-refractivity contribution in [2.75, 3.05) is 0 Å². The van der Waals surface area contributed by atoms with Gasteiger partial charge in [0.15, 0.2) is 5.96 Å². The summed E-state index contributed by atoms with van der Waals surface area (Å²) in [6.07, 6.45) is 3.37.